The van der Waals surface area contributed by atoms with Gasteiger partial charge in [-0.15, -0.1) is 0 Å². The maximum atomic E-state index is 10.7. The summed E-state index contributed by atoms with van der Waals surface area (Å²) in [4.78, 5) is 0. The minimum Gasteiger partial charge on any atom is -0.381 e. The first-order chi connectivity index (χ1) is 6.71. The van der Waals surface area contributed by atoms with Crippen LogP contribution in [0.1, 0.15) is 12.8 Å². The predicted molar refractivity (Wildman–Crippen MR) is 59.5 cm³/mol. The standard InChI is InChI=1S/C8H18O5S2/c1-14(9,10)7-3-5-13-6-4-8-15(2,11)12/h3-8H2,1-2H3. The molecule has 0 aromatic carbocycles. The second-order valence-corrected chi connectivity index (χ2v) is 8.10. The highest BCUT2D eigenvalue weighted by Crippen LogP contribution is 1.93. The molecular formula is C8H18O5S2. The van der Waals surface area contributed by atoms with Gasteiger partial charge in [-0.05, 0) is 12.8 Å². The monoisotopic (exact) mass is 258 g/mol. The summed E-state index contributed by atoms with van der Waals surface area (Å²) in [6.45, 7) is 0.716. The van der Waals surface area contributed by atoms with Gasteiger partial charge in [-0.25, -0.2) is 16.8 Å². The van der Waals surface area contributed by atoms with Gasteiger partial charge in [0.2, 0.25) is 0 Å². The van der Waals surface area contributed by atoms with Gasteiger partial charge in [-0.3, -0.25) is 0 Å². The Morgan fingerprint density at radius 3 is 1.40 bits per heavy atom. The van der Waals surface area contributed by atoms with Crippen LogP contribution in [0.2, 0.25) is 0 Å². The Labute approximate surface area is 91.7 Å². The van der Waals surface area contributed by atoms with E-state index in [4.69, 9.17) is 4.74 Å². The average Bonchev–Trinajstić information content (AvgIpc) is 1.98. The summed E-state index contributed by atoms with van der Waals surface area (Å²) in [5, 5.41) is 0. The quantitative estimate of drug-likeness (QED) is 0.567. The van der Waals surface area contributed by atoms with Crippen LogP contribution in [0.5, 0.6) is 0 Å². The first kappa shape index (κ1) is 14.9. The van der Waals surface area contributed by atoms with Crippen molar-refractivity contribution < 1.29 is 21.6 Å². The van der Waals surface area contributed by atoms with Crippen LogP contribution in [0, 0.1) is 0 Å². The van der Waals surface area contributed by atoms with E-state index >= 15 is 0 Å². The Hall–Kier alpha value is -0.140. The van der Waals surface area contributed by atoms with Gasteiger partial charge in [-0.2, -0.15) is 0 Å². The molecule has 0 atom stereocenters. The van der Waals surface area contributed by atoms with Crippen molar-refractivity contribution in [2.24, 2.45) is 0 Å². The van der Waals surface area contributed by atoms with Gasteiger partial charge in [0.15, 0.2) is 0 Å². The van der Waals surface area contributed by atoms with E-state index in [2.05, 4.69) is 0 Å². The molecule has 0 fully saturated rings. The zero-order valence-electron chi connectivity index (χ0n) is 9.10. The van der Waals surface area contributed by atoms with E-state index < -0.39 is 19.7 Å². The first-order valence-electron chi connectivity index (χ1n) is 4.64. The number of rotatable bonds is 8. The topological polar surface area (TPSA) is 77.5 Å². The fourth-order valence-corrected chi connectivity index (χ4v) is 2.23. The van der Waals surface area contributed by atoms with Crippen LogP contribution in [-0.4, -0.2) is 54.1 Å². The van der Waals surface area contributed by atoms with E-state index in [9.17, 15) is 16.8 Å². The average molecular weight is 258 g/mol. The molecule has 0 aromatic heterocycles. The molecule has 0 aliphatic heterocycles. The van der Waals surface area contributed by atoms with Crippen LogP contribution < -0.4 is 0 Å². The molecule has 0 unspecified atom stereocenters. The van der Waals surface area contributed by atoms with E-state index in [1.165, 1.54) is 12.5 Å². The molecule has 0 bridgehead atoms. The Morgan fingerprint density at radius 2 is 1.13 bits per heavy atom. The molecule has 0 saturated heterocycles. The predicted octanol–water partition coefficient (Wildman–Crippen LogP) is -0.128. The van der Waals surface area contributed by atoms with Crippen molar-refractivity contribution in [3.05, 3.63) is 0 Å². The maximum Gasteiger partial charge on any atom is 0.147 e. The van der Waals surface area contributed by atoms with Crippen molar-refractivity contribution in [3.63, 3.8) is 0 Å². The molecule has 0 aliphatic carbocycles. The lowest BCUT2D eigenvalue weighted by atomic mass is 10.5. The number of hydrogen-bond donors (Lipinski definition) is 0. The van der Waals surface area contributed by atoms with Crippen molar-refractivity contribution >= 4 is 19.7 Å². The van der Waals surface area contributed by atoms with Crippen LogP contribution >= 0.6 is 0 Å². The van der Waals surface area contributed by atoms with Gasteiger partial charge < -0.3 is 4.74 Å². The highest BCUT2D eigenvalue weighted by atomic mass is 32.2. The normalized spacial score (nSPS) is 12.9. The van der Waals surface area contributed by atoms with Gasteiger partial charge in [-0.1, -0.05) is 0 Å². The minimum atomic E-state index is -2.92. The molecule has 0 spiro atoms. The zero-order chi connectivity index (χ0) is 11.9. The van der Waals surface area contributed by atoms with E-state index in [0.717, 1.165) is 0 Å². The van der Waals surface area contributed by atoms with E-state index in [-0.39, 0.29) is 11.5 Å². The van der Waals surface area contributed by atoms with Crippen molar-refractivity contribution in [1.29, 1.82) is 0 Å². The summed E-state index contributed by atoms with van der Waals surface area (Å²) < 4.78 is 48.0. The molecular weight excluding hydrogens is 240 g/mol. The lowest BCUT2D eigenvalue weighted by molar-refractivity contribution is 0.136. The molecule has 5 nitrogen and oxygen atoms in total. The largest absolute Gasteiger partial charge is 0.381 e. The molecule has 0 heterocycles. The highest BCUT2D eigenvalue weighted by Gasteiger charge is 2.02. The third-order valence-electron chi connectivity index (χ3n) is 1.61. The van der Waals surface area contributed by atoms with Gasteiger partial charge in [0, 0.05) is 25.7 Å². The number of hydrogen-bond acceptors (Lipinski definition) is 5. The summed E-state index contributed by atoms with van der Waals surface area (Å²) in [7, 11) is -5.83. The summed E-state index contributed by atoms with van der Waals surface area (Å²) in [6, 6.07) is 0. The number of sulfone groups is 2. The smallest absolute Gasteiger partial charge is 0.147 e. The van der Waals surface area contributed by atoms with Crippen molar-refractivity contribution in [1.82, 2.24) is 0 Å². The van der Waals surface area contributed by atoms with Gasteiger partial charge in [0.25, 0.3) is 0 Å². The van der Waals surface area contributed by atoms with Crippen LogP contribution in [0.25, 0.3) is 0 Å². The summed E-state index contributed by atoms with van der Waals surface area (Å²) in [6.07, 6.45) is 3.27. The van der Waals surface area contributed by atoms with E-state index in [0.29, 0.717) is 26.1 Å². The summed E-state index contributed by atoms with van der Waals surface area (Å²) in [5.41, 5.74) is 0. The lowest BCUT2D eigenvalue weighted by Crippen LogP contribution is -2.09. The van der Waals surface area contributed by atoms with E-state index in [1.54, 1.807) is 0 Å². The van der Waals surface area contributed by atoms with Crippen molar-refractivity contribution in [2.75, 3.05) is 37.2 Å². The minimum absolute atomic E-state index is 0.110. The number of ether oxygens (including phenoxy) is 1. The Bertz CT molecular complexity index is 318. The molecule has 0 aliphatic rings. The fourth-order valence-electron chi connectivity index (χ4n) is 0.948. The van der Waals surface area contributed by atoms with Gasteiger partial charge >= 0.3 is 0 Å². The van der Waals surface area contributed by atoms with Crippen molar-refractivity contribution in [3.8, 4) is 0 Å². The van der Waals surface area contributed by atoms with Crippen LogP contribution in [0.4, 0.5) is 0 Å². The Kier molecular flexibility index (Phi) is 6.38. The Morgan fingerprint density at radius 1 is 0.800 bits per heavy atom. The van der Waals surface area contributed by atoms with Crippen LogP contribution in [-0.2, 0) is 24.4 Å². The SMILES string of the molecule is CS(=O)(=O)CCCOCCCS(C)(=O)=O. The molecule has 0 saturated carbocycles. The second kappa shape index (κ2) is 6.44. The molecule has 0 N–H and O–H groups in total. The molecule has 0 rings (SSSR count). The fraction of sp³-hybridized carbons (Fsp3) is 1.00. The van der Waals surface area contributed by atoms with Gasteiger partial charge in [0.05, 0.1) is 11.5 Å². The van der Waals surface area contributed by atoms with Crippen molar-refractivity contribution in [2.45, 2.75) is 12.8 Å². The molecule has 92 valence electrons. The molecule has 0 radical (unpaired) electrons. The lowest BCUT2D eigenvalue weighted by Gasteiger charge is -2.02. The third-order valence-corrected chi connectivity index (χ3v) is 3.67. The molecule has 15 heavy (non-hydrogen) atoms. The molecule has 0 amide bonds. The van der Waals surface area contributed by atoms with Crippen LogP contribution in [0.15, 0.2) is 0 Å². The highest BCUT2D eigenvalue weighted by molar-refractivity contribution is 7.90. The summed E-state index contributed by atoms with van der Waals surface area (Å²) in [5.74, 6) is 0.220. The van der Waals surface area contributed by atoms with E-state index in [1.807, 2.05) is 0 Å². The third kappa shape index (κ3) is 13.9. The van der Waals surface area contributed by atoms with Gasteiger partial charge in [0.1, 0.15) is 19.7 Å². The molecule has 0 aromatic rings. The Balaban J connectivity index is 3.34. The van der Waals surface area contributed by atoms with Crippen LogP contribution in [0.3, 0.4) is 0 Å². The summed E-state index contributed by atoms with van der Waals surface area (Å²) >= 11 is 0. The zero-order valence-corrected chi connectivity index (χ0v) is 10.7. The second-order valence-electron chi connectivity index (χ2n) is 3.58. The maximum absolute atomic E-state index is 10.7. The first-order valence-corrected chi connectivity index (χ1v) is 8.76. The molecule has 7 heteroatoms.